The molecule has 1 saturated heterocycles. The molecule has 1 atom stereocenters. The minimum atomic E-state index is -0.414. The fourth-order valence-electron chi connectivity index (χ4n) is 2.13. The zero-order valence-electron chi connectivity index (χ0n) is 11.7. The van der Waals surface area contributed by atoms with Crippen molar-refractivity contribution in [2.75, 3.05) is 32.9 Å². The molecule has 1 aromatic heterocycles. The third-order valence-electron chi connectivity index (χ3n) is 3.29. The van der Waals surface area contributed by atoms with Gasteiger partial charge in [-0.3, -0.25) is 9.07 Å². The number of aryl methyl sites for hydroxylation is 1. The molecule has 1 N–H and O–H groups in total. The van der Waals surface area contributed by atoms with Crippen molar-refractivity contribution in [1.82, 2.24) is 20.0 Å². The highest BCUT2D eigenvalue weighted by molar-refractivity contribution is 5.74. The number of alkyl halides is 1. The molecule has 20 heavy (non-hydrogen) atoms. The summed E-state index contributed by atoms with van der Waals surface area (Å²) in [6, 6.07) is -0.158. The summed E-state index contributed by atoms with van der Waals surface area (Å²) >= 11 is 0. The van der Waals surface area contributed by atoms with E-state index in [1.807, 2.05) is 17.8 Å². The van der Waals surface area contributed by atoms with Crippen LogP contribution in [0.15, 0.2) is 12.4 Å². The van der Waals surface area contributed by atoms with Crippen LogP contribution in [0.1, 0.15) is 25.0 Å². The Labute approximate surface area is 117 Å². The van der Waals surface area contributed by atoms with E-state index in [-0.39, 0.29) is 12.1 Å². The summed E-state index contributed by atoms with van der Waals surface area (Å²) in [5.74, 6) is 0. The molecule has 0 aromatic carbocycles. The topological polar surface area (TPSA) is 59.4 Å². The second-order valence-corrected chi connectivity index (χ2v) is 4.71. The fraction of sp³-hybridized carbons (Fsp3) is 0.692. The number of hydrogen-bond donors (Lipinski definition) is 1. The van der Waals surface area contributed by atoms with Crippen molar-refractivity contribution in [3.8, 4) is 0 Å². The zero-order valence-corrected chi connectivity index (χ0v) is 11.7. The first-order chi connectivity index (χ1) is 9.74. The number of ether oxygens (including phenoxy) is 1. The van der Waals surface area contributed by atoms with Gasteiger partial charge in [0, 0.05) is 31.4 Å². The molecule has 2 rings (SSSR count). The third kappa shape index (κ3) is 3.69. The Balaban J connectivity index is 1.89. The predicted molar refractivity (Wildman–Crippen MR) is 72.2 cm³/mol. The largest absolute Gasteiger partial charge is 0.370 e. The van der Waals surface area contributed by atoms with E-state index in [1.165, 1.54) is 0 Å². The quantitative estimate of drug-likeness (QED) is 0.830. The highest BCUT2D eigenvalue weighted by Crippen LogP contribution is 2.21. The molecule has 0 aliphatic carbocycles. The number of carbonyl (C=O) groups is 1. The SMILES string of the molecule is CCn1cc([C@@H]2CN(C(=O)NCCCF)CCO2)cn1. The molecule has 2 heterocycles. The standard InChI is InChI=1S/C13H21FN4O2/c1-2-18-9-11(8-16-18)12-10-17(6-7-20-12)13(19)15-5-3-4-14/h8-9,12H,2-7,10H2,1H3,(H,15,19)/t12-/m0/s1. The maximum Gasteiger partial charge on any atom is 0.317 e. The maximum atomic E-state index is 12.0. The van der Waals surface area contributed by atoms with Crippen molar-refractivity contribution in [2.45, 2.75) is 26.0 Å². The van der Waals surface area contributed by atoms with Crippen molar-refractivity contribution in [3.05, 3.63) is 18.0 Å². The normalized spacial score (nSPS) is 19.1. The number of rotatable bonds is 5. The molecule has 1 aliphatic heterocycles. The van der Waals surface area contributed by atoms with Gasteiger partial charge in [-0.1, -0.05) is 0 Å². The molecule has 1 fully saturated rings. The molecule has 0 spiro atoms. The van der Waals surface area contributed by atoms with Crippen LogP contribution in [0.3, 0.4) is 0 Å². The zero-order chi connectivity index (χ0) is 14.4. The first kappa shape index (κ1) is 14.8. The van der Waals surface area contributed by atoms with Gasteiger partial charge in [0.25, 0.3) is 0 Å². The number of amides is 2. The molecule has 0 unspecified atom stereocenters. The number of morpholine rings is 1. The van der Waals surface area contributed by atoms with Crippen LogP contribution in [-0.2, 0) is 11.3 Å². The summed E-state index contributed by atoms with van der Waals surface area (Å²) in [6.45, 7) is 4.33. The van der Waals surface area contributed by atoms with E-state index >= 15 is 0 Å². The van der Waals surface area contributed by atoms with Gasteiger partial charge in [0.2, 0.25) is 0 Å². The van der Waals surface area contributed by atoms with Crippen LogP contribution in [-0.4, -0.2) is 53.6 Å². The van der Waals surface area contributed by atoms with E-state index in [0.717, 1.165) is 12.1 Å². The fourth-order valence-corrected chi connectivity index (χ4v) is 2.13. The Hall–Kier alpha value is -1.63. The number of hydrogen-bond acceptors (Lipinski definition) is 3. The summed E-state index contributed by atoms with van der Waals surface area (Å²) in [7, 11) is 0. The molecule has 0 bridgehead atoms. The Morgan fingerprint density at radius 1 is 1.65 bits per heavy atom. The number of nitrogens with zero attached hydrogens (tertiary/aromatic N) is 3. The van der Waals surface area contributed by atoms with Crippen molar-refractivity contribution in [1.29, 1.82) is 0 Å². The Morgan fingerprint density at radius 3 is 3.20 bits per heavy atom. The van der Waals surface area contributed by atoms with Gasteiger partial charge in [0.05, 0.1) is 26.0 Å². The van der Waals surface area contributed by atoms with Crippen molar-refractivity contribution in [2.24, 2.45) is 0 Å². The third-order valence-corrected chi connectivity index (χ3v) is 3.29. The summed E-state index contributed by atoms with van der Waals surface area (Å²) < 4.78 is 19.5. The van der Waals surface area contributed by atoms with Gasteiger partial charge < -0.3 is 15.0 Å². The van der Waals surface area contributed by atoms with Crippen LogP contribution in [0.25, 0.3) is 0 Å². The molecule has 1 aromatic rings. The lowest BCUT2D eigenvalue weighted by molar-refractivity contribution is -0.0154. The second kappa shape index (κ2) is 7.23. The number of halogens is 1. The average molecular weight is 284 g/mol. The smallest absolute Gasteiger partial charge is 0.317 e. The Kier molecular flexibility index (Phi) is 5.34. The monoisotopic (exact) mass is 284 g/mol. The molecule has 6 nitrogen and oxygen atoms in total. The van der Waals surface area contributed by atoms with Crippen LogP contribution in [0.2, 0.25) is 0 Å². The number of nitrogens with one attached hydrogen (secondary N) is 1. The lowest BCUT2D eigenvalue weighted by Gasteiger charge is -2.32. The minimum absolute atomic E-state index is 0.143. The molecule has 112 valence electrons. The highest BCUT2D eigenvalue weighted by atomic mass is 19.1. The summed E-state index contributed by atoms with van der Waals surface area (Å²) in [4.78, 5) is 13.6. The molecule has 2 amide bonds. The lowest BCUT2D eigenvalue weighted by atomic mass is 10.1. The molecule has 0 radical (unpaired) electrons. The molecule has 1 aliphatic rings. The minimum Gasteiger partial charge on any atom is -0.370 e. The van der Waals surface area contributed by atoms with Crippen LogP contribution in [0.4, 0.5) is 9.18 Å². The van der Waals surface area contributed by atoms with E-state index in [0.29, 0.717) is 32.7 Å². The lowest BCUT2D eigenvalue weighted by Crippen LogP contribution is -2.47. The van der Waals surface area contributed by atoms with E-state index in [2.05, 4.69) is 10.4 Å². The second-order valence-electron chi connectivity index (χ2n) is 4.71. The van der Waals surface area contributed by atoms with Crippen molar-refractivity contribution >= 4 is 6.03 Å². The van der Waals surface area contributed by atoms with Gasteiger partial charge in [-0.05, 0) is 13.3 Å². The first-order valence-corrected chi connectivity index (χ1v) is 6.97. The van der Waals surface area contributed by atoms with E-state index in [1.54, 1.807) is 11.1 Å². The van der Waals surface area contributed by atoms with Crippen molar-refractivity contribution < 1.29 is 13.9 Å². The van der Waals surface area contributed by atoms with Gasteiger partial charge in [0.1, 0.15) is 6.10 Å². The van der Waals surface area contributed by atoms with E-state index < -0.39 is 6.67 Å². The average Bonchev–Trinajstić information content (AvgIpc) is 2.96. The molecular weight excluding hydrogens is 263 g/mol. The summed E-state index contributed by atoms with van der Waals surface area (Å²) in [5.41, 5.74) is 0.980. The molecular formula is C13H21FN4O2. The van der Waals surface area contributed by atoms with Crippen LogP contribution in [0.5, 0.6) is 0 Å². The Bertz CT molecular complexity index is 438. The van der Waals surface area contributed by atoms with Crippen molar-refractivity contribution in [3.63, 3.8) is 0 Å². The highest BCUT2D eigenvalue weighted by Gasteiger charge is 2.26. The number of aromatic nitrogens is 2. The molecule has 0 saturated carbocycles. The van der Waals surface area contributed by atoms with Gasteiger partial charge in [-0.2, -0.15) is 5.10 Å². The number of carbonyl (C=O) groups excluding carboxylic acids is 1. The summed E-state index contributed by atoms with van der Waals surface area (Å²) in [5, 5.41) is 6.93. The van der Waals surface area contributed by atoms with E-state index in [4.69, 9.17) is 4.74 Å². The van der Waals surface area contributed by atoms with Crippen LogP contribution < -0.4 is 5.32 Å². The van der Waals surface area contributed by atoms with Crippen LogP contribution in [0, 0.1) is 0 Å². The van der Waals surface area contributed by atoms with Gasteiger partial charge in [0.15, 0.2) is 0 Å². The Morgan fingerprint density at radius 2 is 2.50 bits per heavy atom. The van der Waals surface area contributed by atoms with E-state index in [9.17, 15) is 9.18 Å². The maximum absolute atomic E-state index is 12.0. The summed E-state index contributed by atoms with van der Waals surface area (Å²) in [6.07, 6.45) is 3.92. The van der Waals surface area contributed by atoms with Gasteiger partial charge >= 0.3 is 6.03 Å². The predicted octanol–water partition coefficient (Wildman–Crippen LogP) is 1.35. The van der Waals surface area contributed by atoms with Crippen LogP contribution >= 0.6 is 0 Å². The first-order valence-electron chi connectivity index (χ1n) is 6.97. The van der Waals surface area contributed by atoms with Gasteiger partial charge in [-0.25, -0.2) is 4.79 Å². The molecule has 7 heteroatoms. The number of urea groups is 1. The van der Waals surface area contributed by atoms with Gasteiger partial charge in [-0.15, -0.1) is 0 Å².